The number of alkyl halides is 9. The lowest BCUT2D eigenvalue weighted by Gasteiger charge is -2.50. The van der Waals surface area contributed by atoms with Crippen molar-refractivity contribution in [1.29, 1.82) is 0 Å². The highest BCUT2D eigenvalue weighted by atomic mass is 32.1. The van der Waals surface area contributed by atoms with Crippen molar-refractivity contribution in [2.45, 2.75) is 88.0 Å². The maximum absolute atomic E-state index is 13.1. The quantitative estimate of drug-likeness (QED) is 0.175. The monoisotopic (exact) mass is 608 g/mol. The summed E-state index contributed by atoms with van der Waals surface area (Å²) in [6.07, 6.45) is -15.8. The molecule has 2 fully saturated rings. The van der Waals surface area contributed by atoms with Crippen LogP contribution in [-0.2, 0) is 15.9 Å². The second-order valence-electron chi connectivity index (χ2n) is 11.2. The van der Waals surface area contributed by atoms with E-state index < -0.39 is 37.2 Å². The first-order valence-corrected chi connectivity index (χ1v) is 14.0. The van der Waals surface area contributed by atoms with Crippen molar-refractivity contribution < 1.29 is 53.7 Å². The van der Waals surface area contributed by atoms with Crippen LogP contribution in [0.15, 0.2) is 18.2 Å². The largest absolute Gasteiger partial charge is 0.493 e. The Morgan fingerprint density at radius 3 is 2.17 bits per heavy atom. The summed E-state index contributed by atoms with van der Waals surface area (Å²) in [4.78, 5) is 0. The Morgan fingerprint density at radius 2 is 1.55 bits per heavy atom. The molecule has 0 spiro atoms. The lowest BCUT2D eigenvalue weighted by Crippen LogP contribution is -2.67. The number of rotatable bonds is 9. The minimum absolute atomic E-state index is 0.233. The molecule has 0 amide bonds. The molecule has 1 aromatic carbocycles. The Bertz CT molecular complexity index is 990. The average Bonchev–Trinajstić information content (AvgIpc) is 3.18. The molecule has 3 aliphatic rings. The maximum atomic E-state index is 13.1. The van der Waals surface area contributed by atoms with Gasteiger partial charge in [-0.05, 0) is 91.4 Å². The molecule has 5 atom stereocenters. The van der Waals surface area contributed by atoms with Crippen molar-refractivity contribution in [1.82, 2.24) is 0 Å². The highest BCUT2D eigenvalue weighted by Crippen LogP contribution is 2.62. The molecular weight excluding hydrogens is 575 g/mol. The molecule has 2 saturated carbocycles. The predicted octanol–water partition coefficient (Wildman–Crippen LogP) is 8.07. The summed E-state index contributed by atoms with van der Waals surface area (Å²) >= 11 is 4.17. The van der Waals surface area contributed by atoms with Crippen molar-refractivity contribution >= 4 is 12.6 Å². The summed E-state index contributed by atoms with van der Waals surface area (Å²) in [6.45, 7) is 0.916. The van der Waals surface area contributed by atoms with Gasteiger partial charge in [0, 0.05) is 12.4 Å². The fourth-order valence-corrected chi connectivity index (χ4v) is 7.37. The van der Waals surface area contributed by atoms with Crippen LogP contribution in [0.25, 0.3) is 0 Å². The minimum atomic E-state index is -6.73. The second-order valence-corrected chi connectivity index (χ2v) is 11.7. The van der Waals surface area contributed by atoms with E-state index in [1.54, 1.807) is 0 Å². The van der Waals surface area contributed by atoms with Crippen molar-refractivity contribution in [2.75, 3.05) is 25.6 Å². The van der Waals surface area contributed by atoms with Gasteiger partial charge in [-0.15, -0.1) is 0 Å². The van der Waals surface area contributed by atoms with Crippen LogP contribution in [-0.4, -0.2) is 55.8 Å². The summed E-state index contributed by atoms with van der Waals surface area (Å²) in [6, 6.07) is 6.21. The van der Waals surface area contributed by atoms with Crippen molar-refractivity contribution in [2.24, 2.45) is 17.3 Å². The Morgan fingerprint density at radius 1 is 0.875 bits per heavy atom. The van der Waals surface area contributed by atoms with Crippen molar-refractivity contribution in [3.63, 3.8) is 0 Å². The van der Waals surface area contributed by atoms with E-state index in [0.29, 0.717) is 36.5 Å². The number of hydrogen-bond donors (Lipinski definition) is 1. The molecule has 3 aliphatic carbocycles. The van der Waals surface area contributed by atoms with Gasteiger partial charge in [0.15, 0.2) is 0 Å². The van der Waals surface area contributed by atoms with Crippen LogP contribution < -0.4 is 4.74 Å². The number of hydrogen-bond acceptors (Lipinski definition) is 4. The first kappa shape index (κ1) is 31.6. The van der Waals surface area contributed by atoms with Gasteiger partial charge >= 0.3 is 24.1 Å². The number of halogens is 9. The number of aryl methyl sites for hydroxylation is 1. The van der Waals surface area contributed by atoms with Gasteiger partial charge in [-0.25, -0.2) is 0 Å². The Balaban J connectivity index is 1.36. The van der Waals surface area contributed by atoms with Crippen LogP contribution in [0, 0.1) is 17.3 Å². The normalized spacial score (nSPS) is 29.1. The summed E-state index contributed by atoms with van der Waals surface area (Å²) in [5.74, 6) is 2.57. The van der Waals surface area contributed by atoms with E-state index in [1.165, 1.54) is 11.1 Å². The third-order valence-electron chi connectivity index (χ3n) is 9.09. The Labute approximate surface area is 232 Å². The van der Waals surface area contributed by atoms with Crippen LogP contribution in [0.1, 0.15) is 62.5 Å². The molecular formula is C27H33F9O3S. The number of thiol groups is 1. The van der Waals surface area contributed by atoms with Gasteiger partial charge < -0.3 is 14.2 Å². The lowest BCUT2D eigenvalue weighted by molar-refractivity contribution is -0.457. The van der Waals surface area contributed by atoms with E-state index in [-0.39, 0.29) is 18.1 Å². The Kier molecular flexibility index (Phi) is 9.00. The van der Waals surface area contributed by atoms with Crippen LogP contribution in [0.4, 0.5) is 39.5 Å². The van der Waals surface area contributed by atoms with Gasteiger partial charge in [-0.3, -0.25) is 0 Å². The molecule has 0 unspecified atom stereocenters. The van der Waals surface area contributed by atoms with Gasteiger partial charge in [0.2, 0.25) is 0 Å². The van der Waals surface area contributed by atoms with Gasteiger partial charge in [0.25, 0.3) is 0 Å². The van der Waals surface area contributed by atoms with Crippen molar-refractivity contribution in [3.8, 4) is 5.75 Å². The zero-order chi connectivity index (χ0) is 29.6. The molecule has 0 aromatic heterocycles. The van der Waals surface area contributed by atoms with Crippen LogP contribution in [0.5, 0.6) is 5.75 Å². The smallest absolute Gasteiger partial charge is 0.435 e. The zero-order valence-corrected chi connectivity index (χ0v) is 22.8. The number of benzene rings is 1. The zero-order valence-electron chi connectivity index (χ0n) is 21.9. The molecule has 228 valence electrons. The van der Waals surface area contributed by atoms with Crippen molar-refractivity contribution in [3.05, 3.63) is 29.3 Å². The minimum Gasteiger partial charge on any atom is -0.493 e. The van der Waals surface area contributed by atoms with E-state index in [4.69, 9.17) is 9.47 Å². The van der Waals surface area contributed by atoms with Gasteiger partial charge in [0.1, 0.15) is 5.75 Å². The third kappa shape index (κ3) is 5.55. The van der Waals surface area contributed by atoms with E-state index >= 15 is 0 Å². The van der Waals surface area contributed by atoms with E-state index in [0.717, 1.165) is 37.9 Å². The highest BCUT2D eigenvalue weighted by Gasteiger charge is 2.85. The third-order valence-corrected chi connectivity index (χ3v) is 9.28. The van der Waals surface area contributed by atoms with Crippen LogP contribution >= 0.6 is 12.6 Å². The van der Waals surface area contributed by atoms with Crippen LogP contribution in [0.2, 0.25) is 0 Å². The first-order chi connectivity index (χ1) is 18.6. The molecule has 1 aromatic rings. The summed E-state index contributed by atoms with van der Waals surface area (Å²) in [5.41, 5.74) is -3.88. The van der Waals surface area contributed by atoms with E-state index in [2.05, 4.69) is 36.4 Å². The molecule has 0 radical (unpaired) electrons. The predicted molar refractivity (Wildman–Crippen MR) is 132 cm³/mol. The van der Waals surface area contributed by atoms with Gasteiger partial charge in [0.05, 0.1) is 19.3 Å². The van der Waals surface area contributed by atoms with Crippen LogP contribution in [0.3, 0.4) is 0 Å². The number of fused-ring (bicyclic) bond motifs is 5. The molecule has 0 N–H and O–H groups in total. The van der Waals surface area contributed by atoms with E-state index in [9.17, 15) is 39.5 Å². The molecule has 0 heterocycles. The SMILES string of the molecule is C[C@]12CC[C@@H]3c4ccc(OCCS)cc4CC[C@H]3[C@@H]1CC[C@@H]2OCCCOC(C(F)(F)F)(C(F)(F)F)C(F)(F)F. The topological polar surface area (TPSA) is 27.7 Å². The summed E-state index contributed by atoms with van der Waals surface area (Å²) in [7, 11) is 0. The van der Waals surface area contributed by atoms with Gasteiger partial charge in [-0.1, -0.05) is 13.0 Å². The fraction of sp³-hybridized carbons (Fsp3) is 0.778. The standard InChI is InChI=1S/C27H33F9O3S/c1-23-10-9-19-18-6-4-17(37-13-14-40)15-16(18)3-5-20(19)21(23)7-8-22(23)38-11-2-12-39-24(25(28,29)30,26(31,32)33)27(34,35)36/h4,6,15,19-22,40H,2-3,5,7-14H2,1H3/t19-,20-,21+,22+,23+/m1/s1. The average molecular weight is 609 g/mol. The van der Waals surface area contributed by atoms with E-state index in [1.807, 2.05) is 6.07 Å². The highest BCUT2D eigenvalue weighted by molar-refractivity contribution is 7.80. The molecule has 0 aliphatic heterocycles. The number of ether oxygens (including phenoxy) is 3. The molecule has 13 heteroatoms. The molecule has 0 bridgehead atoms. The summed E-state index contributed by atoms with van der Waals surface area (Å²) < 4.78 is 133. The molecule has 4 rings (SSSR count). The molecule has 0 saturated heterocycles. The lowest BCUT2D eigenvalue weighted by atomic mass is 9.55. The fourth-order valence-electron chi connectivity index (χ4n) is 7.28. The molecule has 40 heavy (non-hydrogen) atoms. The second kappa shape index (κ2) is 11.4. The first-order valence-electron chi connectivity index (χ1n) is 13.4. The summed E-state index contributed by atoms with van der Waals surface area (Å²) in [5, 5.41) is 0. The molecule has 3 nitrogen and oxygen atoms in total. The van der Waals surface area contributed by atoms with Gasteiger partial charge in [-0.2, -0.15) is 52.1 Å². The Hall–Kier alpha value is -1.34. The maximum Gasteiger partial charge on any atom is 0.435 e.